The highest BCUT2D eigenvalue weighted by atomic mass is 35.5. The van der Waals surface area contributed by atoms with E-state index < -0.39 is 17.7 Å². The highest BCUT2D eigenvalue weighted by Crippen LogP contribution is 2.40. The Morgan fingerprint density at radius 3 is 2.15 bits per heavy atom. The predicted octanol–water partition coefficient (Wildman–Crippen LogP) is 5.04. The highest BCUT2D eigenvalue weighted by molar-refractivity contribution is 6.46. The lowest BCUT2D eigenvalue weighted by atomic mass is 9.95. The Labute approximate surface area is 203 Å². The third kappa shape index (κ3) is 4.50. The Balaban J connectivity index is 1.82. The number of methoxy groups -OCH3 is 1. The fraction of sp³-hybridized carbons (Fsp3) is 0.185. The van der Waals surface area contributed by atoms with Gasteiger partial charge in [0.05, 0.1) is 18.7 Å². The molecule has 1 aliphatic heterocycles. The summed E-state index contributed by atoms with van der Waals surface area (Å²) in [5.41, 5.74) is 3.02. The van der Waals surface area contributed by atoms with Crippen LogP contribution in [-0.2, 0) is 16.1 Å². The summed E-state index contributed by atoms with van der Waals surface area (Å²) in [6, 6.07) is 20.7. The lowest BCUT2D eigenvalue weighted by Gasteiger charge is -2.26. The zero-order valence-electron chi connectivity index (χ0n) is 19.2. The second kappa shape index (κ2) is 9.61. The van der Waals surface area contributed by atoms with Gasteiger partial charge >= 0.3 is 0 Å². The number of nitrogens with zero attached hydrogens (tertiary/aromatic N) is 2. The van der Waals surface area contributed by atoms with E-state index in [1.165, 1.54) is 4.90 Å². The summed E-state index contributed by atoms with van der Waals surface area (Å²) in [6.07, 6.45) is 0. The monoisotopic (exact) mass is 476 g/mol. The van der Waals surface area contributed by atoms with Gasteiger partial charge in [-0.2, -0.15) is 0 Å². The van der Waals surface area contributed by atoms with Crippen LogP contribution in [-0.4, -0.2) is 42.9 Å². The molecule has 0 bridgehead atoms. The van der Waals surface area contributed by atoms with E-state index >= 15 is 0 Å². The average Bonchev–Trinajstić information content (AvgIpc) is 3.09. The first-order chi connectivity index (χ1) is 16.3. The molecule has 3 aromatic carbocycles. The predicted molar refractivity (Wildman–Crippen MR) is 133 cm³/mol. The van der Waals surface area contributed by atoms with Crippen molar-refractivity contribution < 1.29 is 19.4 Å². The summed E-state index contributed by atoms with van der Waals surface area (Å²) in [7, 11) is 5.46. The van der Waals surface area contributed by atoms with Crippen molar-refractivity contribution in [2.75, 3.05) is 26.1 Å². The second-order valence-corrected chi connectivity index (χ2v) is 8.70. The molecule has 0 aromatic heterocycles. The number of likely N-dealkylation sites (tertiary alicyclic amines) is 1. The molecule has 1 fully saturated rings. The Kier molecular flexibility index (Phi) is 6.61. The van der Waals surface area contributed by atoms with E-state index in [9.17, 15) is 14.7 Å². The lowest BCUT2D eigenvalue weighted by molar-refractivity contribution is -0.140. The van der Waals surface area contributed by atoms with Crippen molar-refractivity contribution in [1.29, 1.82) is 0 Å². The quantitative estimate of drug-likeness (QED) is 0.307. The number of rotatable bonds is 6. The molecule has 3 aromatic rings. The summed E-state index contributed by atoms with van der Waals surface area (Å²) in [5, 5.41) is 11.6. The number of carbonyl (C=O) groups is 2. The van der Waals surface area contributed by atoms with Gasteiger partial charge in [-0.3, -0.25) is 9.59 Å². The fourth-order valence-corrected chi connectivity index (χ4v) is 4.16. The summed E-state index contributed by atoms with van der Waals surface area (Å²) in [5.74, 6) is -0.908. The first-order valence-electron chi connectivity index (χ1n) is 10.7. The van der Waals surface area contributed by atoms with Crippen molar-refractivity contribution in [2.24, 2.45) is 0 Å². The molecule has 1 N–H and O–H groups in total. The van der Waals surface area contributed by atoms with Crippen molar-refractivity contribution in [3.05, 3.63) is 100 Å². The molecule has 1 atom stereocenters. The molecule has 7 heteroatoms. The number of hydrogen-bond acceptors (Lipinski definition) is 5. The maximum Gasteiger partial charge on any atom is 0.295 e. The molecule has 6 nitrogen and oxygen atoms in total. The number of ether oxygens (including phenoxy) is 1. The van der Waals surface area contributed by atoms with Gasteiger partial charge in [0.25, 0.3) is 11.7 Å². The maximum atomic E-state index is 13.2. The molecule has 1 saturated heterocycles. The lowest BCUT2D eigenvalue weighted by Crippen LogP contribution is -2.29. The summed E-state index contributed by atoms with van der Waals surface area (Å²) in [6.45, 7) is 0.200. The van der Waals surface area contributed by atoms with Crippen LogP contribution in [0.3, 0.4) is 0 Å². The molecule has 34 heavy (non-hydrogen) atoms. The van der Waals surface area contributed by atoms with Crippen molar-refractivity contribution in [3.63, 3.8) is 0 Å². The third-order valence-corrected chi connectivity index (χ3v) is 6.15. The van der Waals surface area contributed by atoms with Gasteiger partial charge in [-0.1, -0.05) is 35.9 Å². The van der Waals surface area contributed by atoms with E-state index in [0.29, 0.717) is 16.3 Å². The van der Waals surface area contributed by atoms with E-state index in [1.54, 1.807) is 43.5 Å². The van der Waals surface area contributed by atoms with Crippen LogP contribution in [0, 0.1) is 0 Å². The van der Waals surface area contributed by atoms with Gasteiger partial charge in [-0.25, -0.2) is 0 Å². The number of benzene rings is 3. The van der Waals surface area contributed by atoms with Gasteiger partial charge in [0.15, 0.2) is 0 Å². The van der Waals surface area contributed by atoms with Crippen LogP contribution in [0.25, 0.3) is 5.76 Å². The minimum Gasteiger partial charge on any atom is -0.507 e. The summed E-state index contributed by atoms with van der Waals surface area (Å²) < 4.78 is 5.22. The zero-order chi connectivity index (χ0) is 24.4. The molecular formula is C27H25ClN2O4. The molecule has 0 radical (unpaired) electrons. The Morgan fingerprint density at radius 1 is 0.971 bits per heavy atom. The van der Waals surface area contributed by atoms with Crippen LogP contribution in [0.5, 0.6) is 5.75 Å². The molecule has 1 aliphatic rings. The molecule has 174 valence electrons. The first-order valence-corrected chi connectivity index (χ1v) is 11.1. The second-order valence-electron chi connectivity index (χ2n) is 8.27. The minimum atomic E-state index is -0.742. The summed E-state index contributed by atoms with van der Waals surface area (Å²) >= 11 is 5.99. The average molecular weight is 477 g/mol. The fourth-order valence-electron chi connectivity index (χ4n) is 4.04. The molecule has 0 saturated carbocycles. The highest BCUT2D eigenvalue weighted by Gasteiger charge is 2.46. The smallest absolute Gasteiger partial charge is 0.295 e. The van der Waals surface area contributed by atoms with Crippen molar-refractivity contribution in [2.45, 2.75) is 12.6 Å². The van der Waals surface area contributed by atoms with Gasteiger partial charge in [0, 0.05) is 36.9 Å². The van der Waals surface area contributed by atoms with Gasteiger partial charge in [-0.15, -0.1) is 0 Å². The standard InChI is InChI=1S/C27H25ClN2O4/c1-29(2)21-12-8-18(9-13-21)24-23(25(31)19-6-10-20(28)11-7-19)26(32)27(33)30(24)16-17-4-14-22(34-3)15-5-17/h4-15,24,31H,16H2,1-3H3/b25-23-. The van der Waals surface area contributed by atoms with E-state index in [0.717, 1.165) is 16.8 Å². The molecule has 1 heterocycles. The number of anilines is 1. The molecule has 1 unspecified atom stereocenters. The largest absolute Gasteiger partial charge is 0.507 e. The van der Waals surface area contributed by atoms with Crippen molar-refractivity contribution in [3.8, 4) is 5.75 Å². The van der Waals surface area contributed by atoms with Crippen LogP contribution in [0.15, 0.2) is 78.4 Å². The van der Waals surface area contributed by atoms with E-state index in [2.05, 4.69) is 0 Å². The van der Waals surface area contributed by atoms with Crippen molar-refractivity contribution in [1.82, 2.24) is 4.90 Å². The van der Waals surface area contributed by atoms with E-state index in [4.69, 9.17) is 16.3 Å². The number of hydrogen-bond donors (Lipinski definition) is 1. The Morgan fingerprint density at radius 2 is 1.59 bits per heavy atom. The van der Waals surface area contributed by atoms with E-state index in [-0.39, 0.29) is 17.9 Å². The first kappa shape index (κ1) is 23.4. The van der Waals surface area contributed by atoms with Crippen LogP contribution in [0.4, 0.5) is 5.69 Å². The topological polar surface area (TPSA) is 70.1 Å². The Bertz CT molecular complexity index is 1230. The SMILES string of the molecule is COc1ccc(CN2C(=O)C(=O)/C(=C(\O)c3ccc(Cl)cc3)C2c2ccc(N(C)C)cc2)cc1. The van der Waals surface area contributed by atoms with Gasteiger partial charge in [0.2, 0.25) is 0 Å². The number of carbonyl (C=O) groups excluding carboxylic acids is 2. The van der Waals surface area contributed by atoms with Crippen molar-refractivity contribution >= 4 is 34.7 Å². The molecule has 1 amide bonds. The zero-order valence-corrected chi connectivity index (χ0v) is 19.9. The number of ketones is 1. The number of Topliss-reactive ketones (excluding diaryl/α,β-unsaturated/α-hetero) is 1. The minimum absolute atomic E-state index is 0.0541. The molecule has 0 aliphatic carbocycles. The molecule has 4 rings (SSSR count). The van der Waals surface area contributed by atoms with Gasteiger partial charge < -0.3 is 19.6 Å². The van der Waals surface area contributed by atoms with Crippen LogP contribution < -0.4 is 9.64 Å². The third-order valence-electron chi connectivity index (χ3n) is 5.89. The van der Waals surface area contributed by atoms with Gasteiger partial charge in [0.1, 0.15) is 11.5 Å². The maximum absolute atomic E-state index is 13.2. The number of amides is 1. The van der Waals surface area contributed by atoms with Crippen LogP contribution in [0.2, 0.25) is 5.02 Å². The molecular weight excluding hydrogens is 452 g/mol. The Hall–Kier alpha value is -3.77. The summed E-state index contributed by atoms with van der Waals surface area (Å²) in [4.78, 5) is 29.8. The normalized spacial score (nSPS) is 17.2. The number of halogens is 1. The van der Waals surface area contributed by atoms with E-state index in [1.807, 2.05) is 55.4 Å². The molecule has 0 spiro atoms. The van der Waals surface area contributed by atoms with Crippen LogP contribution in [0.1, 0.15) is 22.7 Å². The van der Waals surface area contributed by atoms with Crippen LogP contribution >= 0.6 is 11.6 Å². The number of aliphatic hydroxyl groups is 1. The number of aliphatic hydroxyl groups excluding tert-OH is 1. The van der Waals surface area contributed by atoms with Gasteiger partial charge in [-0.05, 0) is 59.7 Å².